The van der Waals surface area contributed by atoms with Crippen LogP contribution in [0, 0.1) is 0 Å². The molecular weight excluding hydrogens is 520 g/mol. The molecule has 3 aromatic carbocycles. The van der Waals surface area contributed by atoms with Crippen molar-refractivity contribution in [3.63, 3.8) is 0 Å². The first kappa shape index (κ1) is 27.7. The quantitative estimate of drug-likeness (QED) is 0.214. The van der Waals surface area contributed by atoms with Crippen LogP contribution >= 0.6 is 0 Å². The van der Waals surface area contributed by atoms with Crippen molar-refractivity contribution in [2.24, 2.45) is 0 Å². The topological polar surface area (TPSA) is 103 Å². The number of aromatic amines is 1. The molecule has 0 saturated carbocycles. The minimum Gasteiger partial charge on any atom is -0.350 e. The summed E-state index contributed by atoms with van der Waals surface area (Å²) in [7, 11) is -3.81. The third kappa shape index (κ3) is 5.69. The lowest BCUT2D eigenvalue weighted by Gasteiger charge is -2.19. The summed E-state index contributed by atoms with van der Waals surface area (Å²) in [6.07, 6.45) is 3.98. The molecule has 40 heavy (non-hydrogen) atoms. The molecule has 1 saturated heterocycles. The Kier molecular flexibility index (Phi) is 7.57. The molecule has 0 aliphatic carbocycles. The molecule has 0 spiro atoms. The van der Waals surface area contributed by atoms with Crippen LogP contribution in [0.1, 0.15) is 56.6 Å². The minimum atomic E-state index is -3.81. The van der Waals surface area contributed by atoms with E-state index in [9.17, 15) is 13.2 Å². The van der Waals surface area contributed by atoms with Gasteiger partial charge in [-0.15, -0.1) is 0 Å². The molecule has 208 valence electrons. The Balaban J connectivity index is 1.51. The number of fused-ring (bicyclic) bond motifs is 1. The lowest BCUT2D eigenvalue weighted by Crippen LogP contribution is -2.35. The Bertz CT molecular complexity index is 1660. The third-order valence-electron chi connectivity index (χ3n) is 7.38. The van der Waals surface area contributed by atoms with E-state index in [1.807, 2.05) is 55.5 Å². The SMILES string of the molecule is CC=C(NC(=O)c1[nH]c2ccc(NS(=O)(=O)c3ccc(C(C)(C)C)cc3)cc2c1-c1ccccc1)C1CCCN1. The number of carbonyl (C=O) groups is 1. The Morgan fingerprint density at radius 1 is 1.00 bits per heavy atom. The van der Waals surface area contributed by atoms with Crippen molar-refractivity contribution in [3.05, 3.63) is 95.8 Å². The summed E-state index contributed by atoms with van der Waals surface area (Å²) in [6.45, 7) is 9.12. The molecule has 1 amide bonds. The number of allylic oxidation sites excluding steroid dienone is 1. The van der Waals surface area contributed by atoms with Gasteiger partial charge in [-0.3, -0.25) is 9.52 Å². The molecule has 8 heteroatoms. The van der Waals surface area contributed by atoms with E-state index in [0.29, 0.717) is 11.4 Å². The maximum absolute atomic E-state index is 13.6. The van der Waals surface area contributed by atoms with E-state index in [-0.39, 0.29) is 22.3 Å². The van der Waals surface area contributed by atoms with E-state index in [1.165, 1.54) is 0 Å². The van der Waals surface area contributed by atoms with Crippen LogP contribution in [0.25, 0.3) is 22.0 Å². The Labute approximate surface area is 236 Å². The van der Waals surface area contributed by atoms with Gasteiger partial charge in [0.05, 0.1) is 4.90 Å². The average Bonchev–Trinajstić information content (AvgIpc) is 3.60. The molecule has 1 atom stereocenters. The molecule has 1 fully saturated rings. The van der Waals surface area contributed by atoms with Gasteiger partial charge in [0.2, 0.25) is 0 Å². The van der Waals surface area contributed by atoms with Crippen molar-refractivity contribution in [3.8, 4) is 11.1 Å². The number of hydrogen-bond acceptors (Lipinski definition) is 4. The molecule has 4 N–H and O–H groups in total. The zero-order valence-electron chi connectivity index (χ0n) is 23.3. The van der Waals surface area contributed by atoms with Crippen LogP contribution in [0.3, 0.4) is 0 Å². The van der Waals surface area contributed by atoms with Gasteiger partial charge in [0.25, 0.3) is 15.9 Å². The molecule has 0 radical (unpaired) electrons. The van der Waals surface area contributed by atoms with E-state index in [0.717, 1.165) is 52.7 Å². The number of amides is 1. The number of nitrogens with one attached hydrogen (secondary N) is 4. The number of anilines is 1. The van der Waals surface area contributed by atoms with Crippen molar-refractivity contribution >= 4 is 32.5 Å². The van der Waals surface area contributed by atoms with Crippen LogP contribution < -0.4 is 15.4 Å². The summed E-state index contributed by atoms with van der Waals surface area (Å²) >= 11 is 0. The molecule has 5 rings (SSSR count). The Hall–Kier alpha value is -3.88. The van der Waals surface area contributed by atoms with E-state index in [4.69, 9.17) is 0 Å². The van der Waals surface area contributed by atoms with Crippen molar-refractivity contribution in [2.75, 3.05) is 11.3 Å². The highest BCUT2D eigenvalue weighted by molar-refractivity contribution is 7.92. The number of aromatic nitrogens is 1. The molecule has 7 nitrogen and oxygen atoms in total. The predicted molar refractivity (Wildman–Crippen MR) is 162 cm³/mol. The molecule has 1 aliphatic rings. The van der Waals surface area contributed by atoms with E-state index < -0.39 is 10.0 Å². The predicted octanol–water partition coefficient (Wildman–Crippen LogP) is 6.32. The fraction of sp³-hybridized carbons (Fsp3) is 0.281. The maximum atomic E-state index is 13.6. The van der Waals surface area contributed by atoms with Gasteiger partial charge in [0.15, 0.2) is 0 Å². The normalized spacial score (nSPS) is 16.3. The number of benzene rings is 3. The summed E-state index contributed by atoms with van der Waals surface area (Å²) in [4.78, 5) is 17.1. The second-order valence-electron chi connectivity index (χ2n) is 11.2. The lowest BCUT2D eigenvalue weighted by molar-refractivity contribution is 0.0959. The van der Waals surface area contributed by atoms with Crippen molar-refractivity contribution < 1.29 is 13.2 Å². The Morgan fingerprint density at radius 2 is 1.73 bits per heavy atom. The monoisotopic (exact) mass is 556 g/mol. The first-order valence-electron chi connectivity index (χ1n) is 13.6. The van der Waals surface area contributed by atoms with Crippen LogP contribution in [0.15, 0.2) is 89.5 Å². The van der Waals surface area contributed by atoms with Gasteiger partial charge in [-0.25, -0.2) is 8.42 Å². The molecule has 1 unspecified atom stereocenters. The van der Waals surface area contributed by atoms with Crippen LogP contribution in [-0.2, 0) is 15.4 Å². The molecule has 1 aromatic heterocycles. The number of rotatable bonds is 7. The van der Waals surface area contributed by atoms with Crippen LogP contribution in [0.2, 0.25) is 0 Å². The van der Waals surface area contributed by atoms with Crippen LogP contribution in [0.5, 0.6) is 0 Å². The first-order valence-corrected chi connectivity index (χ1v) is 15.1. The second kappa shape index (κ2) is 10.9. The zero-order chi connectivity index (χ0) is 28.5. The van der Waals surface area contributed by atoms with Gasteiger partial charge >= 0.3 is 0 Å². The van der Waals surface area contributed by atoms with E-state index in [1.54, 1.807) is 30.3 Å². The molecule has 1 aliphatic heterocycles. The maximum Gasteiger partial charge on any atom is 0.272 e. The first-order chi connectivity index (χ1) is 19.1. The van der Waals surface area contributed by atoms with Gasteiger partial charge in [0, 0.05) is 33.9 Å². The van der Waals surface area contributed by atoms with Crippen molar-refractivity contribution in [2.45, 2.75) is 56.9 Å². The summed E-state index contributed by atoms with van der Waals surface area (Å²) in [5.41, 5.74) is 5.00. The second-order valence-corrected chi connectivity index (χ2v) is 12.9. The third-order valence-corrected chi connectivity index (χ3v) is 8.77. The van der Waals surface area contributed by atoms with Gasteiger partial charge in [-0.1, -0.05) is 69.3 Å². The smallest absolute Gasteiger partial charge is 0.272 e. The summed E-state index contributed by atoms with van der Waals surface area (Å²) in [5.74, 6) is -0.238. The lowest BCUT2D eigenvalue weighted by atomic mass is 9.87. The van der Waals surface area contributed by atoms with Gasteiger partial charge in [-0.05, 0) is 73.2 Å². The zero-order valence-corrected chi connectivity index (χ0v) is 24.2. The highest BCUT2D eigenvalue weighted by Gasteiger charge is 2.25. The van der Waals surface area contributed by atoms with Crippen LogP contribution in [0.4, 0.5) is 5.69 Å². The summed E-state index contributed by atoms with van der Waals surface area (Å²) in [5, 5.41) is 7.28. The average molecular weight is 557 g/mol. The molecular formula is C32H36N4O3S. The number of carbonyl (C=O) groups excluding carboxylic acids is 1. The molecule has 2 heterocycles. The van der Waals surface area contributed by atoms with Gasteiger partial charge in [0.1, 0.15) is 5.69 Å². The van der Waals surface area contributed by atoms with Crippen molar-refractivity contribution in [1.82, 2.24) is 15.6 Å². The summed E-state index contributed by atoms with van der Waals surface area (Å²) in [6, 6.07) is 22.0. The largest absolute Gasteiger partial charge is 0.350 e. The summed E-state index contributed by atoms with van der Waals surface area (Å²) < 4.78 is 29.2. The van der Waals surface area contributed by atoms with Gasteiger partial charge < -0.3 is 15.6 Å². The highest BCUT2D eigenvalue weighted by atomic mass is 32.2. The Morgan fingerprint density at radius 3 is 2.35 bits per heavy atom. The number of hydrogen-bond donors (Lipinski definition) is 4. The minimum absolute atomic E-state index is 0.0752. The van der Waals surface area contributed by atoms with E-state index >= 15 is 0 Å². The fourth-order valence-corrected chi connectivity index (χ4v) is 6.23. The van der Waals surface area contributed by atoms with Crippen molar-refractivity contribution in [1.29, 1.82) is 0 Å². The highest BCUT2D eigenvalue weighted by Crippen LogP contribution is 2.35. The number of H-pyrrole nitrogens is 1. The molecule has 4 aromatic rings. The van der Waals surface area contributed by atoms with Crippen LogP contribution in [-0.4, -0.2) is 31.9 Å². The van der Waals surface area contributed by atoms with Gasteiger partial charge in [-0.2, -0.15) is 0 Å². The van der Waals surface area contributed by atoms with E-state index in [2.05, 4.69) is 41.1 Å². The molecule has 0 bridgehead atoms. The fourth-order valence-electron chi connectivity index (χ4n) is 5.18. The standard InChI is InChI=1S/C32H36N4O3S/c1-5-26(28-12-9-19-33-28)35-31(37)30-29(21-10-7-6-8-11-21)25-20-23(15-18-27(25)34-30)36-40(38,39)24-16-13-22(14-17-24)32(2,3)4/h5-8,10-11,13-18,20,28,33-34,36H,9,12,19H2,1-4H3,(H,35,37). The number of sulfonamides is 1.